The van der Waals surface area contributed by atoms with Gasteiger partial charge in [-0.2, -0.15) is 0 Å². The molecule has 20 heavy (non-hydrogen) atoms. The van der Waals surface area contributed by atoms with Crippen molar-refractivity contribution in [1.82, 2.24) is 0 Å². The Morgan fingerprint density at radius 3 is 2.15 bits per heavy atom. The Morgan fingerprint density at radius 2 is 1.60 bits per heavy atom. The summed E-state index contributed by atoms with van der Waals surface area (Å²) in [5.41, 5.74) is 2.25. The van der Waals surface area contributed by atoms with Gasteiger partial charge in [-0.15, -0.1) is 0 Å². The topological polar surface area (TPSA) is 21.3 Å². The molecule has 0 fully saturated rings. The second-order valence-electron chi connectivity index (χ2n) is 4.17. The molecule has 0 unspecified atom stereocenters. The van der Waals surface area contributed by atoms with E-state index in [0.717, 1.165) is 31.4 Å². The van der Waals surface area contributed by atoms with E-state index in [-0.39, 0.29) is 0 Å². The van der Waals surface area contributed by atoms with Crippen molar-refractivity contribution >= 4 is 53.5 Å². The highest BCUT2D eigenvalue weighted by Gasteiger charge is 2.06. The van der Waals surface area contributed by atoms with Gasteiger partial charge in [0.15, 0.2) is 0 Å². The predicted molar refractivity (Wildman–Crippen MR) is 94.5 cm³/mol. The number of anilines is 1. The summed E-state index contributed by atoms with van der Waals surface area (Å²) in [6.07, 6.45) is 0. The lowest BCUT2D eigenvalue weighted by Crippen LogP contribution is -2.01. The average Bonchev–Trinajstić information content (AvgIpc) is 2.39. The van der Waals surface area contributed by atoms with E-state index in [4.69, 9.17) is 4.74 Å². The van der Waals surface area contributed by atoms with Gasteiger partial charge in [0.25, 0.3) is 0 Å². The van der Waals surface area contributed by atoms with E-state index in [1.54, 1.807) is 0 Å². The summed E-state index contributed by atoms with van der Waals surface area (Å²) in [6, 6.07) is 12.2. The zero-order chi connectivity index (χ0) is 14.5. The molecule has 2 rings (SSSR count). The number of benzene rings is 2. The molecule has 0 heterocycles. The van der Waals surface area contributed by atoms with Gasteiger partial charge in [0.2, 0.25) is 0 Å². The molecule has 0 saturated carbocycles. The van der Waals surface area contributed by atoms with Crippen LogP contribution in [0.2, 0.25) is 0 Å². The van der Waals surface area contributed by atoms with E-state index >= 15 is 0 Å². The van der Waals surface area contributed by atoms with Crippen LogP contribution in [0, 0.1) is 0 Å². The first-order chi connectivity index (χ1) is 9.60. The van der Waals surface area contributed by atoms with Crippen LogP contribution in [0.4, 0.5) is 5.69 Å². The second kappa shape index (κ2) is 7.48. The van der Waals surface area contributed by atoms with Crippen molar-refractivity contribution in [1.29, 1.82) is 0 Å². The number of ether oxygens (including phenoxy) is 1. The van der Waals surface area contributed by atoms with E-state index in [9.17, 15) is 0 Å². The molecule has 2 nitrogen and oxygen atoms in total. The van der Waals surface area contributed by atoms with Gasteiger partial charge in [0.05, 0.1) is 12.3 Å². The Bertz CT molecular complexity index is 561. The van der Waals surface area contributed by atoms with Crippen LogP contribution in [0.15, 0.2) is 49.8 Å². The van der Waals surface area contributed by atoms with E-state index in [0.29, 0.717) is 6.61 Å². The normalized spacial score (nSPS) is 10.4. The highest BCUT2D eigenvalue weighted by molar-refractivity contribution is 9.11. The molecule has 0 aromatic heterocycles. The van der Waals surface area contributed by atoms with Crippen molar-refractivity contribution < 1.29 is 4.74 Å². The molecule has 5 heteroatoms. The minimum Gasteiger partial charge on any atom is -0.494 e. The summed E-state index contributed by atoms with van der Waals surface area (Å²) >= 11 is 10.6. The predicted octanol–water partition coefficient (Wildman–Crippen LogP) is 5.98. The van der Waals surface area contributed by atoms with Gasteiger partial charge in [-0.25, -0.2) is 0 Å². The lowest BCUT2D eigenvalue weighted by atomic mass is 10.2. The lowest BCUT2D eigenvalue weighted by Gasteiger charge is -2.12. The van der Waals surface area contributed by atoms with Crippen LogP contribution in [0.1, 0.15) is 12.5 Å². The summed E-state index contributed by atoms with van der Waals surface area (Å²) in [4.78, 5) is 0. The van der Waals surface area contributed by atoms with Crippen LogP contribution >= 0.6 is 47.8 Å². The zero-order valence-corrected chi connectivity index (χ0v) is 15.7. The number of rotatable bonds is 5. The molecule has 2 aromatic carbocycles. The first-order valence-corrected chi connectivity index (χ1v) is 8.58. The van der Waals surface area contributed by atoms with Crippen molar-refractivity contribution in [3.8, 4) is 5.75 Å². The molecular formula is C15H14Br3NO. The van der Waals surface area contributed by atoms with Crippen LogP contribution in [0.3, 0.4) is 0 Å². The first kappa shape index (κ1) is 15.9. The van der Waals surface area contributed by atoms with Crippen molar-refractivity contribution in [3.63, 3.8) is 0 Å². The van der Waals surface area contributed by atoms with Gasteiger partial charge in [-0.3, -0.25) is 0 Å². The lowest BCUT2D eigenvalue weighted by molar-refractivity contribution is 0.340. The maximum atomic E-state index is 5.43. The van der Waals surface area contributed by atoms with Crippen molar-refractivity contribution in [3.05, 3.63) is 55.4 Å². The molecule has 0 saturated heterocycles. The fourth-order valence-corrected chi connectivity index (χ4v) is 4.31. The van der Waals surface area contributed by atoms with Crippen LogP contribution in [0.5, 0.6) is 5.75 Å². The summed E-state index contributed by atoms with van der Waals surface area (Å²) in [5.74, 6) is 0.905. The number of nitrogens with one attached hydrogen (secondary N) is 1. The van der Waals surface area contributed by atoms with E-state index in [2.05, 4.69) is 65.2 Å². The molecule has 2 aromatic rings. The van der Waals surface area contributed by atoms with Gasteiger partial charge >= 0.3 is 0 Å². The minimum absolute atomic E-state index is 0.691. The Balaban J connectivity index is 2.05. The third-order valence-electron chi connectivity index (χ3n) is 2.71. The maximum absolute atomic E-state index is 5.43. The van der Waals surface area contributed by atoms with Crippen molar-refractivity contribution in [2.45, 2.75) is 13.5 Å². The average molecular weight is 464 g/mol. The smallest absolute Gasteiger partial charge is 0.119 e. The monoisotopic (exact) mass is 461 g/mol. The number of halogens is 3. The maximum Gasteiger partial charge on any atom is 0.119 e. The molecule has 0 atom stereocenters. The van der Waals surface area contributed by atoms with Crippen molar-refractivity contribution in [2.24, 2.45) is 0 Å². The molecule has 0 spiro atoms. The fourth-order valence-electron chi connectivity index (χ4n) is 1.77. The molecule has 0 bridgehead atoms. The Kier molecular flexibility index (Phi) is 5.93. The highest BCUT2D eigenvalue weighted by Crippen LogP contribution is 2.34. The molecule has 0 amide bonds. The Morgan fingerprint density at radius 1 is 1.00 bits per heavy atom. The van der Waals surface area contributed by atoms with E-state index < -0.39 is 0 Å². The number of hydrogen-bond acceptors (Lipinski definition) is 2. The standard InChI is InChI=1S/C15H14Br3NO/c1-2-20-12-5-3-10(4-6-12)9-19-15-13(17)7-11(16)8-14(15)18/h3-8,19H,2,9H2,1H3. The molecule has 0 aliphatic rings. The summed E-state index contributed by atoms with van der Waals surface area (Å²) in [5, 5.41) is 3.42. The molecule has 0 aliphatic heterocycles. The van der Waals surface area contributed by atoms with Crippen LogP contribution in [-0.2, 0) is 6.54 Å². The zero-order valence-electron chi connectivity index (χ0n) is 10.9. The van der Waals surface area contributed by atoms with Gasteiger partial charge in [-0.1, -0.05) is 28.1 Å². The van der Waals surface area contributed by atoms with Crippen LogP contribution in [0.25, 0.3) is 0 Å². The van der Waals surface area contributed by atoms with Crippen molar-refractivity contribution in [2.75, 3.05) is 11.9 Å². The SMILES string of the molecule is CCOc1ccc(CNc2c(Br)cc(Br)cc2Br)cc1. The third kappa shape index (κ3) is 4.24. The molecule has 0 aliphatic carbocycles. The summed E-state index contributed by atoms with van der Waals surface area (Å²) < 4.78 is 8.50. The van der Waals surface area contributed by atoms with E-state index in [1.165, 1.54) is 5.56 Å². The molecule has 1 N–H and O–H groups in total. The second-order valence-corrected chi connectivity index (χ2v) is 6.80. The van der Waals surface area contributed by atoms with Gasteiger partial charge in [0, 0.05) is 20.0 Å². The Labute approximate surface area is 144 Å². The largest absolute Gasteiger partial charge is 0.494 e. The quantitative estimate of drug-likeness (QED) is 0.588. The third-order valence-corrected chi connectivity index (χ3v) is 4.42. The fraction of sp³-hybridized carbons (Fsp3) is 0.200. The van der Waals surface area contributed by atoms with Gasteiger partial charge < -0.3 is 10.1 Å². The number of hydrogen-bond donors (Lipinski definition) is 1. The minimum atomic E-state index is 0.691. The van der Waals surface area contributed by atoms with Gasteiger partial charge in [0.1, 0.15) is 5.75 Å². The summed E-state index contributed by atoms with van der Waals surface area (Å²) in [6.45, 7) is 3.43. The molecule has 0 radical (unpaired) electrons. The van der Waals surface area contributed by atoms with E-state index in [1.807, 2.05) is 31.2 Å². The van der Waals surface area contributed by atoms with Gasteiger partial charge in [-0.05, 0) is 68.6 Å². The van der Waals surface area contributed by atoms with Crippen LogP contribution in [-0.4, -0.2) is 6.61 Å². The first-order valence-electron chi connectivity index (χ1n) is 6.20. The molecule has 106 valence electrons. The van der Waals surface area contributed by atoms with Crippen LogP contribution < -0.4 is 10.1 Å². The summed E-state index contributed by atoms with van der Waals surface area (Å²) in [7, 11) is 0. The Hall–Kier alpha value is -0.520. The highest BCUT2D eigenvalue weighted by atomic mass is 79.9. The molecular weight excluding hydrogens is 450 g/mol.